The molecule has 20 heavy (non-hydrogen) atoms. The van der Waals surface area contributed by atoms with Gasteiger partial charge in [-0.25, -0.2) is 12.7 Å². The highest BCUT2D eigenvalue weighted by atomic mass is 32.2. The van der Waals surface area contributed by atoms with Gasteiger partial charge in [0.15, 0.2) is 0 Å². The van der Waals surface area contributed by atoms with Crippen LogP contribution in [0.4, 0.5) is 0 Å². The Morgan fingerprint density at radius 3 is 2.65 bits per heavy atom. The maximum absolute atomic E-state index is 11.6. The van der Waals surface area contributed by atoms with Crippen molar-refractivity contribution in [1.29, 1.82) is 5.41 Å². The van der Waals surface area contributed by atoms with E-state index in [9.17, 15) is 8.42 Å². The van der Waals surface area contributed by atoms with E-state index in [-0.39, 0.29) is 5.84 Å². The fourth-order valence-electron chi connectivity index (χ4n) is 2.63. The van der Waals surface area contributed by atoms with Gasteiger partial charge in [-0.15, -0.1) is 0 Å². The number of nitrogens with zero attached hydrogens (tertiary/aromatic N) is 2. The Kier molecular flexibility index (Phi) is 6.42. The number of nitrogens with two attached hydrogens (primary N) is 1. The van der Waals surface area contributed by atoms with Crippen LogP contribution in [0.3, 0.4) is 0 Å². The summed E-state index contributed by atoms with van der Waals surface area (Å²) in [5.74, 6) is 0.574. The Hall–Kier alpha value is -0.660. The van der Waals surface area contributed by atoms with Crippen molar-refractivity contribution in [2.75, 3.05) is 32.4 Å². The van der Waals surface area contributed by atoms with Gasteiger partial charge in [-0.2, -0.15) is 0 Å². The molecule has 6 nitrogen and oxygen atoms in total. The molecule has 0 saturated carbocycles. The molecule has 1 heterocycles. The Bertz CT molecular complexity index is 422. The summed E-state index contributed by atoms with van der Waals surface area (Å²) in [5.41, 5.74) is 5.42. The van der Waals surface area contributed by atoms with Crippen molar-refractivity contribution >= 4 is 15.9 Å². The standard InChI is InChI=1S/C13H28N4O2S/c1-11(2)16(8-6-13(14)15)9-12-5-4-7-17(10-12)20(3,18)19/h11-12H,4-10H2,1-3H3,(H3,14,15). The monoisotopic (exact) mass is 304 g/mol. The first kappa shape index (κ1) is 17.4. The second kappa shape index (κ2) is 7.38. The number of piperidine rings is 1. The highest BCUT2D eigenvalue weighted by molar-refractivity contribution is 7.88. The van der Waals surface area contributed by atoms with E-state index < -0.39 is 10.0 Å². The van der Waals surface area contributed by atoms with E-state index in [1.807, 2.05) is 0 Å². The average Bonchev–Trinajstić information content (AvgIpc) is 2.33. The summed E-state index contributed by atoms with van der Waals surface area (Å²) in [4.78, 5) is 2.29. The molecule has 1 atom stereocenters. The number of nitrogens with one attached hydrogen (secondary N) is 1. The van der Waals surface area contributed by atoms with Crippen LogP contribution in [0.1, 0.15) is 33.1 Å². The number of rotatable bonds is 7. The third-order valence-electron chi connectivity index (χ3n) is 3.84. The molecule has 0 bridgehead atoms. The van der Waals surface area contributed by atoms with E-state index in [2.05, 4.69) is 18.7 Å². The van der Waals surface area contributed by atoms with Gasteiger partial charge in [-0.05, 0) is 32.6 Å². The van der Waals surface area contributed by atoms with Crippen molar-refractivity contribution in [1.82, 2.24) is 9.21 Å². The molecular weight excluding hydrogens is 276 g/mol. The minimum absolute atomic E-state index is 0.206. The Labute approximate surface area is 122 Å². The maximum Gasteiger partial charge on any atom is 0.211 e. The van der Waals surface area contributed by atoms with E-state index in [0.717, 1.165) is 25.9 Å². The first-order valence-corrected chi connectivity index (χ1v) is 9.07. The highest BCUT2D eigenvalue weighted by Crippen LogP contribution is 2.20. The largest absolute Gasteiger partial charge is 0.388 e. The molecule has 1 aliphatic heterocycles. The van der Waals surface area contributed by atoms with Gasteiger partial charge in [-0.3, -0.25) is 5.41 Å². The van der Waals surface area contributed by atoms with E-state index in [4.69, 9.17) is 11.1 Å². The lowest BCUT2D eigenvalue weighted by molar-refractivity contribution is 0.154. The molecule has 1 rings (SSSR count). The van der Waals surface area contributed by atoms with E-state index in [0.29, 0.717) is 31.5 Å². The summed E-state index contributed by atoms with van der Waals surface area (Å²) >= 11 is 0. The van der Waals surface area contributed by atoms with Crippen molar-refractivity contribution < 1.29 is 8.42 Å². The van der Waals surface area contributed by atoms with Crippen LogP contribution in [0.2, 0.25) is 0 Å². The predicted molar refractivity (Wildman–Crippen MR) is 82.4 cm³/mol. The molecule has 0 radical (unpaired) electrons. The Balaban J connectivity index is 2.57. The van der Waals surface area contributed by atoms with Crippen molar-refractivity contribution in [3.63, 3.8) is 0 Å². The van der Waals surface area contributed by atoms with E-state index in [1.165, 1.54) is 6.26 Å². The zero-order valence-corrected chi connectivity index (χ0v) is 13.6. The Morgan fingerprint density at radius 1 is 1.50 bits per heavy atom. The van der Waals surface area contributed by atoms with Gasteiger partial charge in [0, 0.05) is 38.6 Å². The smallest absolute Gasteiger partial charge is 0.211 e. The molecule has 1 aliphatic rings. The van der Waals surface area contributed by atoms with Gasteiger partial charge in [0.05, 0.1) is 12.1 Å². The van der Waals surface area contributed by atoms with E-state index >= 15 is 0 Å². The van der Waals surface area contributed by atoms with E-state index in [1.54, 1.807) is 4.31 Å². The zero-order valence-electron chi connectivity index (χ0n) is 12.8. The zero-order chi connectivity index (χ0) is 15.3. The predicted octanol–water partition coefficient (Wildman–Crippen LogP) is 0.694. The number of amidine groups is 1. The molecule has 0 aliphatic carbocycles. The summed E-state index contributed by atoms with van der Waals surface area (Å²) in [6, 6.07) is 0.378. The van der Waals surface area contributed by atoms with Gasteiger partial charge in [0.2, 0.25) is 10.0 Å². The SMILES string of the molecule is CC(C)N(CCC(=N)N)CC1CCCN(S(C)(=O)=O)C1. The molecule has 1 saturated heterocycles. The van der Waals surface area contributed by atoms with Crippen LogP contribution in [0.25, 0.3) is 0 Å². The third-order valence-corrected chi connectivity index (χ3v) is 5.11. The van der Waals surface area contributed by atoms with Crippen molar-refractivity contribution in [2.45, 2.75) is 39.2 Å². The van der Waals surface area contributed by atoms with Crippen LogP contribution >= 0.6 is 0 Å². The lowest BCUT2D eigenvalue weighted by Crippen LogP contribution is -2.45. The van der Waals surface area contributed by atoms with Crippen LogP contribution in [-0.2, 0) is 10.0 Å². The van der Waals surface area contributed by atoms with Gasteiger partial charge >= 0.3 is 0 Å². The highest BCUT2D eigenvalue weighted by Gasteiger charge is 2.27. The van der Waals surface area contributed by atoms with Crippen LogP contribution < -0.4 is 5.73 Å². The van der Waals surface area contributed by atoms with Crippen LogP contribution in [-0.4, -0.2) is 61.9 Å². The molecule has 1 fully saturated rings. The lowest BCUT2D eigenvalue weighted by atomic mass is 9.98. The van der Waals surface area contributed by atoms with Gasteiger partial charge in [0.1, 0.15) is 0 Å². The summed E-state index contributed by atoms with van der Waals surface area (Å²) in [7, 11) is -3.08. The van der Waals surface area contributed by atoms with Crippen LogP contribution in [0, 0.1) is 11.3 Å². The molecule has 0 aromatic rings. The maximum atomic E-state index is 11.6. The summed E-state index contributed by atoms with van der Waals surface area (Å²) in [6.45, 7) is 7.14. The molecule has 0 amide bonds. The molecule has 1 unspecified atom stereocenters. The van der Waals surface area contributed by atoms with Crippen LogP contribution in [0.5, 0.6) is 0 Å². The molecule has 0 spiro atoms. The Morgan fingerprint density at radius 2 is 2.15 bits per heavy atom. The first-order valence-electron chi connectivity index (χ1n) is 7.22. The number of hydrogen-bond donors (Lipinski definition) is 2. The molecule has 118 valence electrons. The molecule has 7 heteroatoms. The fourth-order valence-corrected chi connectivity index (χ4v) is 3.58. The summed E-state index contributed by atoms with van der Waals surface area (Å²) < 4.78 is 24.9. The molecule has 0 aromatic carbocycles. The summed E-state index contributed by atoms with van der Waals surface area (Å²) in [5, 5.41) is 7.33. The fraction of sp³-hybridized carbons (Fsp3) is 0.923. The molecule has 3 N–H and O–H groups in total. The van der Waals surface area contributed by atoms with Crippen molar-refractivity contribution in [3.05, 3.63) is 0 Å². The first-order chi connectivity index (χ1) is 9.20. The molecular formula is C13H28N4O2S. The minimum Gasteiger partial charge on any atom is -0.388 e. The quantitative estimate of drug-likeness (QED) is 0.535. The lowest BCUT2D eigenvalue weighted by Gasteiger charge is -2.36. The minimum atomic E-state index is -3.08. The van der Waals surface area contributed by atoms with Crippen molar-refractivity contribution in [3.8, 4) is 0 Å². The third kappa shape index (κ3) is 5.76. The van der Waals surface area contributed by atoms with Crippen LogP contribution in [0.15, 0.2) is 0 Å². The van der Waals surface area contributed by atoms with Gasteiger partial charge < -0.3 is 10.6 Å². The topological polar surface area (TPSA) is 90.5 Å². The number of sulfonamides is 1. The van der Waals surface area contributed by atoms with Gasteiger partial charge in [-0.1, -0.05) is 0 Å². The van der Waals surface area contributed by atoms with Gasteiger partial charge in [0.25, 0.3) is 0 Å². The molecule has 0 aromatic heterocycles. The second-order valence-corrected chi connectivity index (χ2v) is 7.98. The normalized spacial score (nSPS) is 21.6. The average molecular weight is 304 g/mol. The summed E-state index contributed by atoms with van der Waals surface area (Å²) in [6.07, 6.45) is 3.84. The number of hydrogen-bond acceptors (Lipinski definition) is 4. The second-order valence-electron chi connectivity index (χ2n) is 5.99. The van der Waals surface area contributed by atoms with Crippen molar-refractivity contribution in [2.24, 2.45) is 11.7 Å².